The van der Waals surface area contributed by atoms with Gasteiger partial charge < -0.3 is 0 Å². The van der Waals surface area contributed by atoms with Crippen molar-refractivity contribution in [2.24, 2.45) is 0 Å². The van der Waals surface area contributed by atoms with Crippen LogP contribution in [0.5, 0.6) is 0 Å². The van der Waals surface area contributed by atoms with Gasteiger partial charge in [-0.2, -0.15) is 25.3 Å². The molecule has 0 unspecified atom stereocenters. The van der Waals surface area contributed by atoms with Crippen molar-refractivity contribution in [3.05, 3.63) is 0 Å². The molecule has 0 radical (unpaired) electrons. The Kier molecular flexibility index (Phi) is 4.12. The molecule has 0 fully saturated rings. The van der Waals surface area contributed by atoms with E-state index in [1.807, 2.05) is 0 Å². The van der Waals surface area contributed by atoms with Crippen LogP contribution in [0, 0.1) is 0 Å². The first-order valence-corrected chi connectivity index (χ1v) is 8.19. The smallest absolute Gasteiger partial charge is 0.272 e. The van der Waals surface area contributed by atoms with Gasteiger partial charge in [0.05, 0.1) is 11.5 Å². The summed E-state index contributed by atoms with van der Waals surface area (Å²) in [6.45, 7) is 0.559. The fourth-order valence-electron chi connectivity index (χ4n) is 0.962. The van der Waals surface area contributed by atoms with Gasteiger partial charge in [0.15, 0.2) is 0 Å². The minimum absolute atomic E-state index is 0.559. The Morgan fingerprint density at radius 1 is 0.812 bits per heavy atom. The molecule has 0 rings (SSSR count). The van der Waals surface area contributed by atoms with E-state index in [9.17, 15) is 25.3 Å². The largest absolute Gasteiger partial charge is 0.285 e. The van der Waals surface area contributed by atoms with Gasteiger partial charge in [-0.15, -0.1) is 0 Å². The average Bonchev–Trinajstić information content (AvgIpc) is 1.72. The highest BCUT2D eigenvalue weighted by Gasteiger charge is 2.45. The minimum Gasteiger partial charge on any atom is -0.285 e. The molecule has 0 saturated heterocycles. The summed E-state index contributed by atoms with van der Waals surface area (Å²) >= 11 is 0. The monoisotopic (exact) mass is 298 g/mol. The van der Waals surface area contributed by atoms with E-state index in [0.717, 1.165) is 0 Å². The summed E-state index contributed by atoms with van der Waals surface area (Å²) in [5.41, 5.74) is 0. The summed E-state index contributed by atoms with van der Waals surface area (Å²) in [6, 6.07) is 0. The molecule has 0 spiro atoms. The van der Waals surface area contributed by atoms with E-state index in [-0.39, 0.29) is 0 Å². The predicted octanol–water partition coefficient (Wildman–Crippen LogP) is -1.59. The van der Waals surface area contributed by atoms with Crippen molar-refractivity contribution in [2.45, 2.75) is 11.7 Å². The van der Waals surface area contributed by atoms with Crippen molar-refractivity contribution >= 4 is 30.4 Å². The van der Waals surface area contributed by atoms with Gasteiger partial charge in [-0.1, -0.05) is 0 Å². The second kappa shape index (κ2) is 4.19. The summed E-state index contributed by atoms with van der Waals surface area (Å²) in [5.74, 6) is -3.11. The van der Waals surface area contributed by atoms with Gasteiger partial charge in [0.1, 0.15) is 4.75 Å². The standard InChI is InChI=1S/C4H10O9S3/c1-4(16(11,12)13,2-14(5,6)7)3-15(8,9)10/h2-3H2,1H3,(H,5,6,7)(H,8,9,10)(H,11,12,13). The molecule has 0 bridgehead atoms. The molecule has 0 heterocycles. The molecule has 0 aromatic rings. The first kappa shape index (κ1) is 15.7. The predicted molar refractivity (Wildman–Crippen MR) is 52.8 cm³/mol. The minimum atomic E-state index is -5.11. The molecule has 3 N–H and O–H groups in total. The number of rotatable bonds is 5. The first-order chi connectivity index (χ1) is 6.66. The fraction of sp³-hybridized carbons (Fsp3) is 1.00. The van der Waals surface area contributed by atoms with Crippen LogP contribution in [-0.2, 0) is 30.4 Å². The van der Waals surface area contributed by atoms with E-state index in [4.69, 9.17) is 13.7 Å². The van der Waals surface area contributed by atoms with E-state index < -0.39 is 46.6 Å². The molecular weight excluding hydrogens is 288 g/mol. The fourth-order valence-corrected chi connectivity index (χ4v) is 4.92. The zero-order valence-corrected chi connectivity index (χ0v) is 10.4. The molecule has 0 atom stereocenters. The van der Waals surface area contributed by atoms with Crippen molar-refractivity contribution < 1.29 is 38.9 Å². The Morgan fingerprint density at radius 3 is 1.19 bits per heavy atom. The topological polar surface area (TPSA) is 163 Å². The number of hydrogen-bond acceptors (Lipinski definition) is 6. The van der Waals surface area contributed by atoms with Gasteiger partial charge in [0.2, 0.25) is 0 Å². The summed E-state index contributed by atoms with van der Waals surface area (Å²) < 4.78 is 86.4. The SMILES string of the molecule is CC(CS(=O)(=O)O)(CS(=O)(=O)O)S(=O)(=O)O. The summed E-state index contributed by atoms with van der Waals surface area (Å²) in [7, 11) is -14.8. The van der Waals surface area contributed by atoms with Crippen LogP contribution in [0.4, 0.5) is 0 Å². The third-order valence-electron chi connectivity index (χ3n) is 1.60. The second-order valence-corrected chi connectivity index (χ2v) is 8.22. The molecule has 0 aliphatic heterocycles. The van der Waals surface area contributed by atoms with Crippen LogP contribution in [0.3, 0.4) is 0 Å². The molecule has 0 aliphatic carbocycles. The second-order valence-electron chi connectivity index (χ2n) is 3.38. The maximum absolute atomic E-state index is 10.8. The van der Waals surface area contributed by atoms with Crippen LogP contribution < -0.4 is 0 Å². The van der Waals surface area contributed by atoms with E-state index in [1.54, 1.807) is 0 Å². The molecular formula is C4H10O9S3. The number of hydrogen-bond donors (Lipinski definition) is 3. The van der Waals surface area contributed by atoms with Gasteiger partial charge in [0, 0.05) is 0 Å². The van der Waals surface area contributed by atoms with Crippen LogP contribution in [0.2, 0.25) is 0 Å². The lowest BCUT2D eigenvalue weighted by atomic mass is 10.2. The van der Waals surface area contributed by atoms with Crippen molar-refractivity contribution in [3.63, 3.8) is 0 Å². The van der Waals surface area contributed by atoms with Crippen LogP contribution in [0.15, 0.2) is 0 Å². The van der Waals surface area contributed by atoms with E-state index in [0.29, 0.717) is 6.92 Å². The quantitative estimate of drug-likeness (QED) is 0.507. The van der Waals surface area contributed by atoms with E-state index >= 15 is 0 Å². The van der Waals surface area contributed by atoms with Crippen molar-refractivity contribution in [3.8, 4) is 0 Å². The van der Waals surface area contributed by atoms with Crippen molar-refractivity contribution in [2.75, 3.05) is 11.5 Å². The van der Waals surface area contributed by atoms with Gasteiger partial charge >= 0.3 is 0 Å². The van der Waals surface area contributed by atoms with Crippen molar-refractivity contribution in [1.82, 2.24) is 0 Å². The normalized spacial score (nSPS) is 15.0. The highest BCUT2D eigenvalue weighted by molar-refractivity contribution is 7.92. The zero-order chi connectivity index (χ0) is 13.4. The summed E-state index contributed by atoms with van der Waals surface area (Å²) in [5, 5.41) is 0. The van der Waals surface area contributed by atoms with Gasteiger partial charge in [-0.05, 0) is 6.92 Å². The molecule has 0 saturated carbocycles. The molecule has 16 heavy (non-hydrogen) atoms. The highest BCUT2D eigenvalue weighted by Crippen LogP contribution is 2.20. The van der Waals surface area contributed by atoms with Crippen LogP contribution in [0.1, 0.15) is 6.92 Å². The van der Waals surface area contributed by atoms with Gasteiger partial charge in [0.25, 0.3) is 30.4 Å². The Labute approximate surface area is 92.7 Å². The lowest BCUT2D eigenvalue weighted by Gasteiger charge is -2.22. The summed E-state index contributed by atoms with van der Waals surface area (Å²) in [4.78, 5) is 0. The van der Waals surface area contributed by atoms with Gasteiger partial charge in [-0.3, -0.25) is 13.7 Å². The molecule has 0 aromatic heterocycles. The average molecular weight is 298 g/mol. The van der Waals surface area contributed by atoms with Crippen LogP contribution in [0.25, 0.3) is 0 Å². The summed E-state index contributed by atoms with van der Waals surface area (Å²) in [6.07, 6.45) is 0. The highest BCUT2D eigenvalue weighted by atomic mass is 32.2. The molecule has 0 aliphatic rings. The molecule has 9 nitrogen and oxygen atoms in total. The first-order valence-electron chi connectivity index (χ1n) is 3.54. The Morgan fingerprint density at radius 2 is 1.06 bits per heavy atom. The molecule has 12 heteroatoms. The Hall–Kier alpha value is -0.270. The third kappa shape index (κ3) is 5.18. The van der Waals surface area contributed by atoms with Crippen molar-refractivity contribution in [1.29, 1.82) is 0 Å². The molecule has 0 amide bonds. The van der Waals surface area contributed by atoms with E-state index in [1.165, 1.54) is 0 Å². The lowest BCUT2D eigenvalue weighted by molar-refractivity contribution is 0.427. The van der Waals surface area contributed by atoms with E-state index in [2.05, 4.69) is 0 Å². The van der Waals surface area contributed by atoms with Crippen LogP contribution >= 0.6 is 0 Å². The Balaban J connectivity index is 5.59. The maximum Gasteiger partial charge on any atom is 0.272 e. The zero-order valence-electron chi connectivity index (χ0n) is 7.93. The van der Waals surface area contributed by atoms with Gasteiger partial charge in [-0.25, -0.2) is 0 Å². The Bertz CT molecular complexity index is 516. The van der Waals surface area contributed by atoms with Crippen LogP contribution in [-0.4, -0.2) is 55.2 Å². The lowest BCUT2D eigenvalue weighted by Crippen LogP contribution is -2.47. The molecule has 98 valence electrons. The maximum atomic E-state index is 10.8. The molecule has 0 aromatic carbocycles. The third-order valence-corrected chi connectivity index (χ3v) is 5.50.